The van der Waals surface area contributed by atoms with E-state index in [9.17, 15) is 0 Å². The molecule has 0 aliphatic rings. The molecular weight excluding hydrogens is 286 g/mol. The van der Waals surface area contributed by atoms with Gasteiger partial charge in [-0.05, 0) is 24.6 Å². The summed E-state index contributed by atoms with van der Waals surface area (Å²) in [4.78, 5) is 15.0. The van der Waals surface area contributed by atoms with Crippen LogP contribution < -0.4 is 10.6 Å². The second-order valence-electron chi connectivity index (χ2n) is 5.19. The summed E-state index contributed by atoms with van der Waals surface area (Å²) < 4.78 is 0. The highest BCUT2D eigenvalue weighted by atomic mass is 15.2. The number of pyridine rings is 1. The Hall–Kier alpha value is -2.95. The minimum atomic E-state index is 0.448. The Kier molecular flexibility index (Phi) is 4.47. The number of rotatable bonds is 5. The van der Waals surface area contributed by atoms with Crippen molar-refractivity contribution >= 4 is 11.6 Å². The van der Waals surface area contributed by atoms with Gasteiger partial charge in [0, 0.05) is 37.2 Å². The molecule has 0 bridgehead atoms. The highest BCUT2D eigenvalue weighted by Gasteiger charge is 2.08. The lowest BCUT2D eigenvalue weighted by molar-refractivity contribution is 0.814. The molecule has 2 heterocycles. The lowest BCUT2D eigenvalue weighted by Crippen LogP contribution is -2.22. The van der Waals surface area contributed by atoms with Gasteiger partial charge in [-0.15, -0.1) is 0 Å². The monoisotopic (exact) mass is 305 g/mol. The molecule has 0 saturated carbocycles. The van der Waals surface area contributed by atoms with Crippen LogP contribution in [0.25, 0.3) is 11.3 Å². The van der Waals surface area contributed by atoms with E-state index in [1.165, 1.54) is 5.56 Å². The van der Waals surface area contributed by atoms with Crippen molar-refractivity contribution in [1.82, 2.24) is 15.0 Å². The molecule has 1 aromatic carbocycles. The number of aromatic nitrogens is 3. The van der Waals surface area contributed by atoms with Crippen LogP contribution in [0, 0.1) is 0 Å². The third-order valence-corrected chi connectivity index (χ3v) is 3.68. The zero-order valence-electron chi connectivity index (χ0n) is 13.1. The maximum absolute atomic E-state index is 5.88. The normalized spacial score (nSPS) is 10.5. The van der Waals surface area contributed by atoms with Gasteiger partial charge in [-0.1, -0.05) is 30.3 Å². The van der Waals surface area contributed by atoms with Crippen molar-refractivity contribution in [3.8, 4) is 11.3 Å². The smallest absolute Gasteiger partial charge is 0.149 e. The van der Waals surface area contributed by atoms with E-state index in [0.29, 0.717) is 5.82 Å². The van der Waals surface area contributed by atoms with Crippen LogP contribution in [0.1, 0.15) is 12.5 Å². The molecule has 23 heavy (non-hydrogen) atoms. The van der Waals surface area contributed by atoms with Crippen LogP contribution in [0.2, 0.25) is 0 Å². The van der Waals surface area contributed by atoms with Gasteiger partial charge in [0.15, 0.2) is 0 Å². The van der Waals surface area contributed by atoms with Gasteiger partial charge in [0.2, 0.25) is 0 Å². The molecule has 2 N–H and O–H groups in total. The summed E-state index contributed by atoms with van der Waals surface area (Å²) in [6.45, 7) is 3.84. The highest BCUT2D eigenvalue weighted by Crippen LogP contribution is 2.22. The molecule has 5 heteroatoms. The van der Waals surface area contributed by atoms with Crippen LogP contribution >= 0.6 is 0 Å². The Morgan fingerprint density at radius 3 is 2.35 bits per heavy atom. The fourth-order valence-electron chi connectivity index (χ4n) is 2.46. The summed E-state index contributed by atoms with van der Waals surface area (Å²) >= 11 is 0. The number of benzene rings is 1. The van der Waals surface area contributed by atoms with E-state index >= 15 is 0 Å². The number of nitrogens with two attached hydrogens (primary N) is 1. The van der Waals surface area contributed by atoms with Crippen LogP contribution in [-0.4, -0.2) is 21.5 Å². The summed E-state index contributed by atoms with van der Waals surface area (Å²) in [7, 11) is 0. The van der Waals surface area contributed by atoms with Gasteiger partial charge in [-0.3, -0.25) is 4.98 Å². The molecule has 0 saturated heterocycles. The van der Waals surface area contributed by atoms with Gasteiger partial charge in [0.1, 0.15) is 17.3 Å². The Labute approximate surface area is 135 Å². The van der Waals surface area contributed by atoms with E-state index in [-0.39, 0.29) is 0 Å². The summed E-state index contributed by atoms with van der Waals surface area (Å²) in [6, 6.07) is 14.2. The summed E-state index contributed by atoms with van der Waals surface area (Å²) in [5.74, 6) is 1.43. The van der Waals surface area contributed by atoms with E-state index in [4.69, 9.17) is 5.73 Å². The van der Waals surface area contributed by atoms with Crippen molar-refractivity contribution in [2.45, 2.75) is 13.5 Å². The molecule has 0 aliphatic heterocycles. The van der Waals surface area contributed by atoms with Crippen molar-refractivity contribution < 1.29 is 0 Å². The highest BCUT2D eigenvalue weighted by molar-refractivity contribution is 5.69. The van der Waals surface area contributed by atoms with E-state index in [1.54, 1.807) is 12.4 Å². The third-order valence-electron chi connectivity index (χ3n) is 3.68. The van der Waals surface area contributed by atoms with Crippen LogP contribution in [-0.2, 0) is 6.54 Å². The molecule has 0 radical (unpaired) electrons. The van der Waals surface area contributed by atoms with Crippen LogP contribution in [0.4, 0.5) is 11.6 Å². The van der Waals surface area contributed by atoms with Crippen molar-refractivity contribution in [2.24, 2.45) is 0 Å². The molecule has 5 nitrogen and oxygen atoms in total. The molecule has 0 unspecified atom stereocenters. The third kappa shape index (κ3) is 3.45. The summed E-state index contributed by atoms with van der Waals surface area (Å²) in [6.07, 6.45) is 5.07. The van der Waals surface area contributed by atoms with E-state index < -0.39 is 0 Å². The van der Waals surface area contributed by atoms with E-state index in [0.717, 1.165) is 30.2 Å². The van der Waals surface area contributed by atoms with Gasteiger partial charge in [-0.25, -0.2) is 9.97 Å². The molecule has 116 valence electrons. The van der Waals surface area contributed by atoms with Gasteiger partial charge in [-0.2, -0.15) is 0 Å². The lowest BCUT2D eigenvalue weighted by atomic mass is 10.1. The fraction of sp³-hybridized carbons (Fsp3) is 0.167. The molecule has 0 amide bonds. The van der Waals surface area contributed by atoms with Gasteiger partial charge >= 0.3 is 0 Å². The number of anilines is 2. The topological polar surface area (TPSA) is 67.9 Å². The van der Waals surface area contributed by atoms with Crippen molar-refractivity contribution in [3.05, 3.63) is 66.6 Å². The first kappa shape index (κ1) is 15.0. The molecule has 0 aliphatic carbocycles. The van der Waals surface area contributed by atoms with Crippen LogP contribution in [0.3, 0.4) is 0 Å². The van der Waals surface area contributed by atoms with Crippen LogP contribution in [0.5, 0.6) is 0 Å². The number of nitrogens with zero attached hydrogens (tertiary/aromatic N) is 4. The second-order valence-corrected chi connectivity index (χ2v) is 5.19. The minimum Gasteiger partial charge on any atom is -0.382 e. The van der Waals surface area contributed by atoms with Crippen LogP contribution in [0.15, 0.2) is 61.1 Å². The average Bonchev–Trinajstić information content (AvgIpc) is 2.61. The Balaban J connectivity index is 1.79. The second kappa shape index (κ2) is 6.87. The quantitative estimate of drug-likeness (QED) is 0.784. The number of hydrogen-bond acceptors (Lipinski definition) is 5. The Morgan fingerprint density at radius 2 is 1.70 bits per heavy atom. The molecule has 3 aromatic rings. The summed E-state index contributed by atoms with van der Waals surface area (Å²) in [5.41, 5.74) is 8.78. The fourth-order valence-corrected chi connectivity index (χ4v) is 2.46. The molecule has 3 rings (SSSR count). The first-order chi connectivity index (χ1) is 11.3. The lowest BCUT2D eigenvalue weighted by Gasteiger charge is -2.22. The first-order valence-corrected chi connectivity index (χ1v) is 7.59. The minimum absolute atomic E-state index is 0.448. The number of nitrogen functional groups attached to an aromatic ring is 1. The zero-order chi connectivity index (χ0) is 16.1. The Bertz CT molecular complexity index is 756. The standard InChI is InChI=1S/C18H19N5/c1-2-23(16-5-3-4-10-20-16)13-14-6-8-15(9-7-14)17-18(19)22-12-11-21-17/h3-12H,2,13H2,1H3,(H2,19,22). The largest absolute Gasteiger partial charge is 0.382 e. The van der Waals surface area contributed by atoms with Crippen molar-refractivity contribution in [2.75, 3.05) is 17.2 Å². The predicted octanol–water partition coefficient (Wildman–Crippen LogP) is 3.15. The van der Waals surface area contributed by atoms with Crippen molar-refractivity contribution in [1.29, 1.82) is 0 Å². The molecule has 2 aromatic heterocycles. The number of hydrogen-bond donors (Lipinski definition) is 1. The van der Waals surface area contributed by atoms with Gasteiger partial charge in [0.25, 0.3) is 0 Å². The summed E-state index contributed by atoms with van der Waals surface area (Å²) in [5, 5.41) is 0. The van der Waals surface area contributed by atoms with Gasteiger partial charge in [0.05, 0.1) is 0 Å². The average molecular weight is 305 g/mol. The molecule has 0 fully saturated rings. The van der Waals surface area contributed by atoms with Crippen molar-refractivity contribution in [3.63, 3.8) is 0 Å². The van der Waals surface area contributed by atoms with E-state index in [2.05, 4.69) is 38.9 Å². The Morgan fingerprint density at radius 1 is 0.913 bits per heavy atom. The molecule has 0 spiro atoms. The first-order valence-electron chi connectivity index (χ1n) is 7.59. The molecule has 0 atom stereocenters. The van der Waals surface area contributed by atoms with E-state index in [1.807, 2.05) is 36.5 Å². The maximum atomic E-state index is 5.88. The van der Waals surface area contributed by atoms with Gasteiger partial charge < -0.3 is 10.6 Å². The molecular formula is C18H19N5. The SMILES string of the molecule is CCN(Cc1ccc(-c2nccnc2N)cc1)c1ccccn1. The maximum Gasteiger partial charge on any atom is 0.149 e. The zero-order valence-corrected chi connectivity index (χ0v) is 13.1. The predicted molar refractivity (Wildman–Crippen MR) is 92.8 cm³/mol.